The number of ether oxygens (including phenoxy) is 1. The largest absolute Gasteiger partial charge is 0.505 e. The zero-order chi connectivity index (χ0) is 27.6. The van der Waals surface area contributed by atoms with Crippen LogP contribution in [0.3, 0.4) is 0 Å². The average molecular weight is 540 g/mol. The highest BCUT2D eigenvalue weighted by molar-refractivity contribution is 7.18. The number of phenols is 1. The summed E-state index contributed by atoms with van der Waals surface area (Å²) in [6.45, 7) is 13.2. The molecular weight excluding hydrogens is 512 g/mol. The average Bonchev–Trinajstić information content (AvgIpc) is 3.29. The summed E-state index contributed by atoms with van der Waals surface area (Å²) in [5, 5.41) is 12.5. The Hall–Kier alpha value is -3.97. The second kappa shape index (κ2) is 10.8. The molecule has 10 heteroatoms. The molecule has 0 radical (unpaired) electrons. The second-order valence-electron chi connectivity index (χ2n) is 10.0. The summed E-state index contributed by atoms with van der Waals surface area (Å²) in [7, 11) is 0. The fourth-order valence-corrected chi connectivity index (χ4v) is 5.39. The van der Waals surface area contributed by atoms with Crippen LogP contribution in [0.25, 0.3) is 26.4 Å². The number of piperidine rings is 1. The molecule has 0 unspecified atom stereocenters. The lowest BCUT2D eigenvalue weighted by molar-refractivity contribution is 0.0453. The van der Waals surface area contributed by atoms with E-state index in [9.17, 15) is 23.5 Å². The number of rotatable bonds is 4. The van der Waals surface area contributed by atoms with E-state index in [4.69, 9.17) is 11.3 Å². The molecule has 2 N–H and O–H groups in total. The first kappa shape index (κ1) is 27.1. The number of carbonyl (C=O) groups is 2. The van der Waals surface area contributed by atoms with Crippen LogP contribution in [0.2, 0.25) is 0 Å². The van der Waals surface area contributed by atoms with Crippen LogP contribution in [-0.4, -0.2) is 46.7 Å². The fraction of sp³-hybridized carbons (Fsp3) is 0.321. The molecule has 0 aliphatic carbocycles. The highest BCUT2D eigenvalue weighted by atomic mass is 32.1. The van der Waals surface area contributed by atoms with Gasteiger partial charge in [-0.25, -0.2) is 18.4 Å². The molecule has 0 bridgehead atoms. The predicted octanol–water partition coefficient (Wildman–Crippen LogP) is 6.75. The molecule has 38 heavy (non-hydrogen) atoms. The zero-order valence-corrected chi connectivity index (χ0v) is 22.0. The van der Waals surface area contributed by atoms with E-state index in [1.165, 1.54) is 24.3 Å². The number of phenolic OH excluding ortho intramolecular Hbond substituents is 1. The topological polar surface area (TPSA) is 83.2 Å². The third kappa shape index (κ3) is 6.11. The van der Waals surface area contributed by atoms with Gasteiger partial charge in [-0.05, 0) is 75.1 Å². The molecule has 1 aromatic heterocycles. The van der Waals surface area contributed by atoms with Crippen LogP contribution in [-0.2, 0) is 4.74 Å². The van der Waals surface area contributed by atoms with Gasteiger partial charge in [0.05, 0.1) is 11.4 Å². The molecule has 2 amide bonds. The highest BCUT2D eigenvalue weighted by Crippen LogP contribution is 2.42. The van der Waals surface area contributed by atoms with E-state index in [0.717, 1.165) is 17.4 Å². The van der Waals surface area contributed by atoms with Gasteiger partial charge in [0.1, 0.15) is 11.4 Å². The number of likely N-dealkylation sites (tertiary alicyclic amines) is 1. The molecule has 1 aliphatic rings. The number of nitrogens with zero attached hydrogens (tertiary/aromatic N) is 2. The van der Waals surface area contributed by atoms with Gasteiger partial charge in [-0.15, -0.1) is 11.3 Å². The van der Waals surface area contributed by atoms with Gasteiger partial charge in [0.2, 0.25) is 5.69 Å². The van der Waals surface area contributed by atoms with Crippen molar-refractivity contribution in [2.45, 2.75) is 45.3 Å². The van der Waals surface area contributed by atoms with E-state index in [2.05, 4.69) is 10.2 Å². The third-order valence-corrected chi connectivity index (χ3v) is 7.13. The number of nitrogens with one attached hydrogen (secondary N) is 1. The van der Waals surface area contributed by atoms with Crippen molar-refractivity contribution in [3.05, 3.63) is 70.4 Å². The SMILES string of the molecule is [C-]#[N+]c1ccc(-c2cc(C(=O)N3CCC[C@@H](NC(=O)OC(C)(C)C)C3)sc2-c2ccc(O)c(F)c2)cc1F. The minimum Gasteiger partial charge on any atom is -0.505 e. The van der Waals surface area contributed by atoms with Crippen LogP contribution in [0.15, 0.2) is 42.5 Å². The van der Waals surface area contributed by atoms with Gasteiger partial charge < -0.3 is 20.1 Å². The number of halogens is 2. The first-order valence-corrected chi connectivity index (χ1v) is 12.9. The maximum absolute atomic E-state index is 14.5. The van der Waals surface area contributed by atoms with Crippen molar-refractivity contribution in [1.82, 2.24) is 10.2 Å². The Labute approximate surface area is 223 Å². The normalized spacial score (nSPS) is 15.6. The maximum Gasteiger partial charge on any atom is 0.407 e. The first-order valence-electron chi connectivity index (χ1n) is 12.0. The molecule has 2 heterocycles. The number of amides is 2. The molecule has 2 aromatic carbocycles. The van der Waals surface area contributed by atoms with E-state index < -0.39 is 29.1 Å². The lowest BCUT2D eigenvalue weighted by Gasteiger charge is -2.33. The van der Waals surface area contributed by atoms with Crippen molar-refractivity contribution in [2.24, 2.45) is 0 Å². The van der Waals surface area contributed by atoms with Gasteiger partial charge >= 0.3 is 6.09 Å². The minimum absolute atomic E-state index is 0.130. The van der Waals surface area contributed by atoms with Crippen molar-refractivity contribution in [2.75, 3.05) is 13.1 Å². The molecule has 1 fully saturated rings. The van der Waals surface area contributed by atoms with Gasteiger partial charge in [0.25, 0.3) is 5.91 Å². The summed E-state index contributed by atoms with van der Waals surface area (Å²) in [5.74, 6) is -2.30. The van der Waals surface area contributed by atoms with E-state index in [-0.39, 0.29) is 17.6 Å². The molecule has 3 aromatic rings. The lowest BCUT2D eigenvalue weighted by atomic mass is 10.0. The smallest absolute Gasteiger partial charge is 0.407 e. The molecule has 1 aliphatic heterocycles. The van der Waals surface area contributed by atoms with E-state index in [0.29, 0.717) is 52.4 Å². The Bertz CT molecular complexity index is 1420. The Morgan fingerprint density at radius 2 is 1.84 bits per heavy atom. The molecule has 1 saturated heterocycles. The Kier molecular flexibility index (Phi) is 7.69. The number of aromatic hydroxyl groups is 1. The van der Waals surface area contributed by atoms with Crippen molar-refractivity contribution in [1.29, 1.82) is 0 Å². The highest BCUT2D eigenvalue weighted by Gasteiger charge is 2.29. The number of alkyl carbamates (subject to hydrolysis) is 1. The first-order chi connectivity index (χ1) is 17.9. The fourth-order valence-electron chi connectivity index (χ4n) is 4.25. The van der Waals surface area contributed by atoms with Crippen molar-refractivity contribution < 1.29 is 28.2 Å². The van der Waals surface area contributed by atoms with Crippen molar-refractivity contribution in [3.8, 4) is 27.3 Å². The number of benzene rings is 2. The number of thiophene rings is 1. The van der Waals surface area contributed by atoms with Crippen molar-refractivity contribution >= 4 is 29.0 Å². The summed E-state index contributed by atoms with van der Waals surface area (Å²) in [6.07, 6.45) is 0.837. The van der Waals surface area contributed by atoms with Crippen LogP contribution in [0.4, 0.5) is 19.3 Å². The second-order valence-corrected chi connectivity index (χ2v) is 11.1. The lowest BCUT2D eigenvalue weighted by Crippen LogP contribution is -2.50. The van der Waals surface area contributed by atoms with E-state index >= 15 is 0 Å². The van der Waals surface area contributed by atoms with Crippen LogP contribution in [0, 0.1) is 18.2 Å². The van der Waals surface area contributed by atoms with Gasteiger partial charge in [0.15, 0.2) is 11.6 Å². The molecule has 0 spiro atoms. The van der Waals surface area contributed by atoms with Crippen LogP contribution < -0.4 is 5.32 Å². The number of hydrogen-bond donors (Lipinski definition) is 2. The van der Waals surface area contributed by atoms with E-state index in [1.54, 1.807) is 37.8 Å². The van der Waals surface area contributed by atoms with Crippen LogP contribution in [0.5, 0.6) is 5.75 Å². The summed E-state index contributed by atoms with van der Waals surface area (Å²) in [5.41, 5.74) is 0.570. The maximum atomic E-state index is 14.5. The predicted molar refractivity (Wildman–Crippen MR) is 141 cm³/mol. The monoisotopic (exact) mass is 539 g/mol. The molecule has 0 saturated carbocycles. The Morgan fingerprint density at radius 1 is 1.13 bits per heavy atom. The molecule has 1 atom stereocenters. The van der Waals surface area contributed by atoms with Crippen LogP contribution >= 0.6 is 11.3 Å². The van der Waals surface area contributed by atoms with Gasteiger partial charge in [-0.2, -0.15) is 0 Å². The molecular formula is C28H27F2N3O4S. The summed E-state index contributed by atoms with van der Waals surface area (Å²) in [4.78, 5) is 31.4. The summed E-state index contributed by atoms with van der Waals surface area (Å²) in [6, 6.07) is 9.40. The Morgan fingerprint density at radius 3 is 2.50 bits per heavy atom. The quantitative estimate of drug-likeness (QED) is 0.360. The van der Waals surface area contributed by atoms with Crippen molar-refractivity contribution in [3.63, 3.8) is 0 Å². The van der Waals surface area contributed by atoms with Gasteiger partial charge in [-0.1, -0.05) is 12.1 Å². The van der Waals surface area contributed by atoms with Gasteiger partial charge in [0, 0.05) is 29.6 Å². The number of carbonyl (C=O) groups excluding carboxylic acids is 2. The molecule has 198 valence electrons. The Balaban J connectivity index is 1.65. The van der Waals surface area contributed by atoms with Crippen LogP contribution in [0.1, 0.15) is 43.3 Å². The zero-order valence-electron chi connectivity index (χ0n) is 21.2. The van der Waals surface area contributed by atoms with Gasteiger partial charge in [-0.3, -0.25) is 4.79 Å². The van der Waals surface area contributed by atoms with E-state index in [1.807, 2.05) is 0 Å². The standard InChI is InChI=1S/C28H27F2N3O4S/c1-28(2,3)37-27(36)32-18-6-5-11-33(15-18)26(35)24-14-19(16-7-9-22(31-4)20(29)12-16)25(38-24)17-8-10-23(34)21(30)13-17/h7-10,12-14,18,34H,5-6,11,15H2,1-3H3,(H,32,36)/t18-/m1/s1. The molecule has 4 rings (SSSR count). The minimum atomic E-state index is -0.823. The molecule has 7 nitrogen and oxygen atoms in total. The third-order valence-electron chi connectivity index (χ3n) is 5.96. The summed E-state index contributed by atoms with van der Waals surface area (Å²) < 4.78 is 34.0. The summed E-state index contributed by atoms with van der Waals surface area (Å²) >= 11 is 1.13. The number of hydrogen-bond acceptors (Lipinski definition) is 5.